The number of fused-ring (bicyclic) bond motifs is 2. The number of para-hydroxylation sites is 1. The molecule has 0 heterocycles. The van der Waals surface area contributed by atoms with Crippen LogP contribution in [0.15, 0.2) is 65.6 Å². The van der Waals surface area contributed by atoms with Crippen molar-refractivity contribution in [2.75, 3.05) is 10.8 Å². The van der Waals surface area contributed by atoms with Crippen LogP contribution in [0, 0.1) is 11.8 Å². The van der Waals surface area contributed by atoms with Gasteiger partial charge in [0.1, 0.15) is 6.54 Å². The summed E-state index contributed by atoms with van der Waals surface area (Å²) in [6, 6.07) is 17.2. The van der Waals surface area contributed by atoms with Crippen molar-refractivity contribution in [1.82, 2.24) is 5.32 Å². The van der Waals surface area contributed by atoms with Gasteiger partial charge in [0, 0.05) is 6.04 Å². The Morgan fingerprint density at radius 3 is 2.22 bits per heavy atom. The lowest BCUT2D eigenvalue weighted by molar-refractivity contribution is -0.120. The SMILES string of the molecule is O=C(CN(c1ccccc1)S(=O)(=O)c1ccccc1)N[C@@H]1C[C@@H]2CC[C@H]1C2. The molecule has 1 N–H and O–H groups in total. The van der Waals surface area contributed by atoms with Crippen molar-refractivity contribution in [1.29, 1.82) is 0 Å². The molecule has 1 amide bonds. The molecule has 0 aliphatic heterocycles. The van der Waals surface area contributed by atoms with Gasteiger partial charge in [-0.3, -0.25) is 9.10 Å². The molecule has 2 saturated carbocycles. The average Bonchev–Trinajstić information content (AvgIpc) is 3.30. The van der Waals surface area contributed by atoms with Crippen molar-refractivity contribution in [3.63, 3.8) is 0 Å². The quantitative estimate of drug-likeness (QED) is 0.832. The van der Waals surface area contributed by atoms with E-state index in [1.54, 1.807) is 54.6 Å². The van der Waals surface area contributed by atoms with E-state index in [0.29, 0.717) is 11.6 Å². The van der Waals surface area contributed by atoms with Gasteiger partial charge in [-0.05, 0) is 55.4 Å². The van der Waals surface area contributed by atoms with E-state index in [2.05, 4.69) is 5.32 Å². The van der Waals surface area contributed by atoms with Crippen LogP contribution < -0.4 is 9.62 Å². The zero-order valence-electron chi connectivity index (χ0n) is 15.1. The van der Waals surface area contributed by atoms with Crippen molar-refractivity contribution >= 4 is 21.6 Å². The fraction of sp³-hybridized carbons (Fsp3) is 0.381. The normalized spacial score (nSPS) is 23.9. The molecule has 5 nitrogen and oxygen atoms in total. The molecule has 27 heavy (non-hydrogen) atoms. The van der Waals surface area contributed by atoms with Gasteiger partial charge in [-0.15, -0.1) is 0 Å². The third kappa shape index (κ3) is 3.72. The Bertz CT molecular complexity index is 900. The molecular weight excluding hydrogens is 360 g/mol. The predicted molar refractivity (Wildman–Crippen MR) is 105 cm³/mol. The second-order valence-electron chi connectivity index (χ2n) is 7.51. The van der Waals surface area contributed by atoms with Crippen LogP contribution in [0.3, 0.4) is 0 Å². The van der Waals surface area contributed by atoms with Gasteiger partial charge in [-0.2, -0.15) is 0 Å². The number of carbonyl (C=O) groups is 1. The Labute approximate surface area is 160 Å². The van der Waals surface area contributed by atoms with Gasteiger partial charge >= 0.3 is 0 Å². The molecule has 2 aromatic carbocycles. The van der Waals surface area contributed by atoms with E-state index in [-0.39, 0.29) is 23.4 Å². The minimum Gasteiger partial charge on any atom is -0.352 e. The molecule has 2 aromatic rings. The number of anilines is 1. The maximum Gasteiger partial charge on any atom is 0.264 e. The van der Waals surface area contributed by atoms with Crippen molar-refractivity contribution < 1.29 is 13.2 Å². The second kappa shape index (κ2) is 7.35. The Kier molecular flexibility index (Phi) is 4.91. The summed E-state index contributed by atoms with van der Waals surface area (Å²) in [5, 5.41) is 3.09. The number of hydrogen-bond acceptors (Lipinski definition) is 3. The van der Waals surface area contributed by atoms with Gasteiger partial charge in [-0.25, -0.2) is 8.42 Å². The Balaban J connectivity index is 1.56. The summed E-state index contributed by atoms with van der Waals surface area (Å²) in [5.74, 6) is 1.03. The fourth-order valence-corrected chi connectivity index (χ4v) is 5.88. The third-order valence-electron chi connectivity index (χ3n) is 5.75. The van der Waals surface area contributed by atoms with Crippen LogP contribution in [0.5, 0.6) is 0 Å². The summed E-state index contributed by atoms with van der Waals surface area (Å²) in [6.07, 6.45) is 4.64. The summed E-state index contributed by atoms with van der Waals surface area (Å²) in [5.41, 5.74) is 0.490. The van der Waals surface area contributed by atoms with Crippen LogP contribution in [-0.2, 0) is 14.8 Å². The Morgan fingerprint density at radius 2 is 1.63 bits per heavy atom. The maximum absolute atomic E-state index is 13.2. The number of amides is 1. The molecule has 2 aliphatic rings. The lowest BCUT2D eigenvalue weighted by Crippen LogP contribution is -2.45. The van der Waals surface area contributed by atoms with Gasteiger partial charge in [0.25, 0.3) is 10.0 Å². The highest BCUT2D eigenvalue weighted by Gasteiger charge is 2.40. The molecule has 0 unspecified atom stereocenters. The largest absolute Gasteiger partial charge is 0.352 e. The number of nitrogens with zero attached hydrogens (tertiary/aromatic N) is 1. The Morgan fingerprint density at radius 1 is 0.963 bits per heavy atom. The highest BCUT2D eigenvalue weighted by molar-refractivity contribution is 7.92. The summed E-state index contributed by atoms with van der Waals surface area (Å²) in [4.78, 5) is 12.9. The Hall–Kier alpha value is -2.34. The number of nitrogens with one attached hydrogen (secondary N) is 1. The van der Waals surface area contributed by atoms with E-state index in [9.17, 15) is 13.2 Å². The smallest absolute Gasteiger partial charge is 0.264 e. The molecule has 0 saturated heterocycles. The second-order valence-corrected chi connectivity index (χ2v) is 9.37. The van der Waals surface area contributed by atoms with Crippen LogP contribution in [0.2, 0.25) is 0 Å². The first-order valence-electron chi connectivity index (χ1n) is 9.46. The summed E-state index contributed by atoms with van der Waals surface area (Å²) < 4.78 is 27.6. The van der Waals surface area contributed by atoms with E-state index >= 15 is 0 Å². The van der Waals surface area contributed by atoms with Crippen molar-refractivity contribution in [3.8, 4) is 0 Å². The molecule has 2 bridgehead atoms. The zero-order valence-corrected chi connectivity index (χ0v) is 15.9. The van der Waals surface area contributed by atoms with Crippen molar-refractivity contribution in [2.24, 2.45) is 11.8 Å². The maximum atomic E-state index is 13.2. The zero-order chi connectivity index (χ0) is 18.9. The van der Waals surface area contributed by atoms with E-state index in [1.165, 1.54) is 23.6 Å². The number of hydrogen-bond donors (Lipinski definition) is 1. The van der Waals surface area contributed by atoms with Crippen molar-refractivity contribution in [2.45, 2.75) is 36.6 Å². The third-order valence-corrected chi connectivity index (χ3v) is 7.54. The average molecular weight is 385 g/mol. The summed E-state index contributed by atoms with van der Waals surface area (Å²) in [7, 11) is -3.82. The van der Waals surface area contributed by atoms with Gasteiger partial charge in [0.2, 0.25) is 5.91 Å². The van der Waals surface area contributed by atoms with Crippen LogP contribution in [-0.4, -0.2) is 26.9 Å². The monoisotopic (exact) mass is 384 g/mol. The highest BCUT2D eigenvalue weighted by atomic mass is 32.2. The molecule has 3 atom stereocenters. The lowest BCUT2D eigenvalue weighted by Gasteiger charge is -2.27. The molecular formula is C21H24N2O3S. The minimum absolute atomic E-state index is 0.182. The standard InChI is InChI=1S/C21H24N2O3S/c24-21(22-20-14-16-11-12-17(20)13-16)15-23(18-7-3-1-4-8-18)27(25,26)19-9-5-2-6-10-19/h1-10,16-17,20H,11-15H2,(H,22,24)/t16-,17+,20-/m1/s1. The molecule has 0 radical (unpaired) electrons. The molecule has 2 fully saturated rings. The van der Waals surface area contributed by atoms with Crippen LogP contribution in [0.4, 0.5) is 5.69 Å². The van der Waals surface area contributed by atoms with Gasteiger partial charge < -0.3 is 5.32 Å². The molecule has 6 heteroatoms. The van der Waals surface area contributed by atoms with E-state index in [4.69, 9.17) is 0 Å². The number of benzene rings is 2. The first-order valence-corrected chi connectivity index (χ1v) is 10.9. The first kappa shape index (κ1) is 18.0. The topological polar surface area (TPSA) is 66.5 Å². The molecule has 4 rings (SSSR count). The lowest BCUT2D eigenvalue weighted by atomic mass is 9.95. The minimum atomic E-state index is -3.82. The van der Waals surface area contributed by atoms with Gasteiger partial charge in [0.15, 0.2) is 0 Å². The van der Waals surface area contributed by atoms with Crippen LogP contribution >= 0.6 is 0 Å². The van der Waals surface area contributed by atoms with E-state index in [0.717, 1.165) is 12.3 Å². The molecule has 0 aromatic heterocycles. The van der Waals surface area contributed by atoms with Crippen LogP contribution in [0.1, 0.15) is 25.7 Å². The van der Waals surface area contributed by atoms with Crippen molar-refractivity contribution in [3.05, 3.63) is 60.7 Å². The number of rotatable bonds is 6. The highest BCUT2D eigenvalue weighted by Crippen LogP contribution is 2.44. The molecule has 2 aliphatic carbocycles. The molecule has 0 spiro atoms. The van der Waals surface area contributed by atoms with E-state index in [1.807, 2.05) is 6.07 Å². The first-order chi connectivity index (χ1) is 13.0. The van der Waals surface area contributed by atoms with E-state index < -0.39 is 10.0 Å². The van der Waals surface area contributed by atoms with Gasteiger partial charge in [-0.1, -0.05) is 42.8 Å². The summed E-state index contributed by atoms with van der Waals surface area (Å²) >= 11 is 0. The number of carbonyl (C=O) groups excluding carboxylic acids is 1. The number of sulfonamides is 1. The fourth-order valence-electron chi connectivity index (χ4n) is 4.43. The summed E-state index contributed by atoms with van der Waals surface area (Å²) in [6.45, 7) is -0.213. The molecule has 142 valence electrons. The predicted octanol–water partition coefficient (Wildman–Crippen LogP) is 3.19. The van der Waals surface area contributed by atoms with Gasteiger partial charge in [0.05, 0.1) is 10.6 Å². The van der Waals surface area contributed by atoms with Crippen LogP contribution in [0.25, 0.3) is 0 Å².